The summed E-state index contributed by atoms with van der Waals surface area (Å²) in [6.07, 6.45) is 0. The van der Waals surface area contributed by atoms with Gasteiger partial charge in [-0.2, -0.15) is 0 Å². The average molecular weight is 449 g/mol. The fraction of sp³-hybridized carbons (Fsp3) is 0.267. The van der Waals surface area contributed by atoms with Gasteiger partial charge in [-0.05, 0) is 63.9 Å². The number of halogens is 2. The standard InChI is InChI=1S/C15H15Br2NO3S/c1-3-20-11-6-5-9(7-12(11)21-4-2)18-15(19)13-8-10(16)14(17)22-13/h5-8H,3-4H2,1-2H3,(H,18,19). The van der Waals surface area contributed by atoms with Crippen LogP contribution >= 0.6 is 43.2 Å². The first kappa shape index (κ1) is 17.3. The number of benzene rings is 1. The molecule has 0 fully saturated rings. The van der Waals surface area contributed by atoms with Gasteiger partial charge in [0, 0.05) is 16.2 Å². The maximum atomic E-state index is 12.2. The zero-order valence-corrected chi connectivity index (χ0v) is 16.1. The van der Waals surface area contributed by atoms with Crippen LogP contribution < -0.4 is 14.8 Å². The summed E-state index contributed by atoms with van der Waals surface area (Å²) in [4.78, 5) is 12.9. The van der Waals surface area contributed by atoms with Gasteiger partial charge in [-0.25, -0.2) is 0 Å². The van der Waals surface area contributed by atoms with E-state index in [0.717, 1.165) is 8.26 Å². The molecule has 0 saturated carbocycles. The van der Waals surface area contributed by atoms with Crippen LogP contribution in [0.4, 0.5) is 5.69 Å². The Morgan fingerprint density at radius 1 is 1.14 bits per heavy atom. The van der Waals surface area contributed by atoms with Crippen molar-refractivity contribution in [3.8, 4) is 11.5 Å². The Balaban J connectivity index is 2.18. The molecule has 2 aromatic rings. The minimum Gasteiger partial charge on any atom is -0.490 e. The SMILES string of the molecule is CCOc1ccc(NC(=O)c2cc(Br)c(Br)s2)cc1OCC. The van der Waals surface area contributed by atoms with Crippen LogP contribution in [0.25, 0.3) is 0 Å². The number of carbonyl (C=O) groups excluding carboxylic acids is 1. The van der Waals surface area contributed by atoms with Crippen molar-refractivity contribution in [2.75, 3.05) is 18.5 Å². The van der Waals surface area contributed by atoms with Crippen molar-refractivity contribution in [3.05, 3.63) is 37.4 Å². The number of nitrogens with one attached hydrogen (secondary N) is 1. The first-order valence-electron chi connectivity index (χ1n) is 6.71. The molecule has 0 aliphatic rings. The summed E-state index contributed by atoms with van der Waals surface area (Å²) in [6, 6.07) is 7.14. The fourth-order valence-electron chi connectivity index (χ4n) is 1.78. The number of hydrogen-bond donors (Lipinski definition) is 1. The van der Waals surface area contributed by atoms with Crippen molar-refractivity contribution in [1.82, 2.24) is 0 Å². The monoisotopic (exact) mass is 447 g/mol. The second-order valence-corrected chi connectivity index (χ2v) is 7.44. The van der Waals surface area contributed by atoms with Crippen molar-refractivity contribution in [1.29, 1.82) is 0 Å². The largest absolute Gasteiger partial charge is 0.490 e. The molecule has 1 amide bonds. The highest BCUT2D eigenvalue weighted by Gasteiger charge is 2.13. The molecule has 1 heterocycles. The molecular formula is C15H15Br2NO3S. The minimum absolute atomic E-state index is 0.164. The number of ether oxygens (including phenoxy) is 2. The van der Waals surface area contributed by atoms with Gasteiger partial charge >= 0.3 is 0 Å². The summed E-state index contributed by atoms with van der Waals surface area (Å²) in [7, 11) is 0. The molecule has 0 unspecified atom stereocenters. The predicted octanol–water partition coefficient (Wildman–Crippen LogP) is 5.32. The van der Waals surface area contributed by atoms with Gasteiger partial charge in [0.1, 0.15) is 0 Å². The number of carbonyl (C=O) groups is 1. The van der Waals surface area contributed by atoms with Gasteiger partial charge in [-0.3, -0.25) is 4.79 Å². The lowest BCUT2D eigenvalue weighted by molar-refractivity contribution is 0.103. The molecule has 0 aliphatic carbocycles. The quantitative estimate of drug-likeness (QED) is 0.650. The zero-order valence-electron chi connectivity index (χ0n) is 12.1. The van der Waals surface area contributed by atoms with Crippen LogP contribution in [0.3, 0.4) is 0 Å². The average Bonchev–Trinajstić information content (AvgIpc) is 2.82. The van der Waals surface area contributed by atoms with Gasteiger partial charge in [-0.15, -0.1) is 11.3 Å². The van der Waals surface area contributed by atoms with Crippen molar-refractivity contribution in [2.24, 2.45) is 0 Å². The third-order valence-corrected chi connectivity index (χ3v) is 5.93. The molecule has 0 saturated heterocycles. The smallest absolute Gasteiger partial charge is 0.265 e. The molecule has 1 aromatic carbocycles. The van der Waals surface area contributed by atoms with Crippen LogP contribution in [0.1, 0.15) is 23.5 Å². The lowest BCUT2D eigenvalue weighted by Crippen LogP contribution is -2.10. The molecule has 1 aromatic heterocycles. The van der Waals surface area contributed by atoms with Crippen LogP contribution in [0, 0.1) is 0 Å². The van der Waals surface area contributed by atoms with Gasteiger partial charge in [0.25, 0.3) is 5.91 Å². The lowest BCUT2D eigenvalue weighted by atomic mass is 10.2. The van der Waals surface area contributed by atoms with E-state index in [0.29, 0.717) is 35.3 Å². The van der Waals surface area contributed by atoms with Crippen LogP contribution in [0.2, 0.25) is 0 Å². The molecule has 1 N–H and O–H groups in total. The van der Waals surface area contributed by atoms with Crippen LogP contribution in [-0.2, 0) is 0 Å². The normalized spacial score (nSPS) is 10.4. The fourth-order valence-corrected chi connectivity index (χ4v) is 3.71. The third-order valence-electron chi connectivity index (χ3n) is 2.67. The van der Waals surface area contributed by atoms with E-state index in [1.54, 1.807) is 24.3 Å². The van der Waals surface area contributed by atoms with E-state index in [9.17, 15) is 4.79 Å². The zero-order chi connectivity index (χ0) is 16.1. The van der Waals surface area contributed by atoms with E-state index in [1.165, 1.54) is 11.3 Å². The summed E-state index contributed by atoms with van der Waals surface area (Å²) >= 11 is 8.13. The van der Waals surface area contributed by atoms with Gasteiger partial charge < -0.3 is 14.8 Å². The molecule has 4 nitrogen and oxygen atoms in total. The predicted molar refractivity (Wildman–Crippen MR) is 96.5 cm³/mol. The number of amides is 1. The second kappa shape index (κ2) is 7.99. The van der Waals surface area contributed by atoms with Crippen molar-refractivity contribution >= 4 is 54.8 Å². The first-order chi connectivity index (χ1) is 10.5. The van der Waals surface area contributed by atoms with E-state index in [2.05, 4.69) is 37.2 Å². The Hall–Kier alpha value is -1.05. The van der Waals surface area contributed by atoms with Gasteiger partial charge in [0.05, 0.1) is 21.9 Å². The number of rotatable bonds is 6. The van der Waals surface area contributed by atoms with Crippen LogP contribution in [0.5, 0.6) is 11.5 Å². The molecular weight excluding hydrogens is 434 g/mol. The van der Waals surface area contributed by atoms with Crippen LogP contribution in [-0.4, -0.2) is 19.1 Å². The molecule has 0 aliphatic heterocycles. The van der Waals surface area contributed by atoms with E-state index in [-0.39, 0.29) is 5.91 Å². The summed E-state index contributed by atoms with van der Waals surface area (Å²) in [5.74, 6) is 1.13. The molecule has 118 valence electrons. The molecule has 0 radical (unpaired) electrons. The van der Waals surface area contributed by atoms with E-state index < -0.39 is 0 Å². The maximum Gasteiger partial charge on any atom is 0.265 e. The maximum absolute atomic E-state index is 12.2. The van der Waals surface area contributed by atoms with Crippen molar-refractivity contribution < 1.29 is 14.3 Å². The highest BCUT2D eigenvalue weighted by molar-refractivity contribution is 9.13. The molecule has 22 heavy (non-hydrogen) atoms. The molecule has 0 bridgehead atoms. The van der Waals surface area contributed by atoms with E-state index in [1.807, 2.05) is 13.8 Å². The first-order valence-corrected chi connectivity index (χ1v) is 9.11. The van der Waals surface area contributed by atoms with E-state index >= 15 is 0 Å². The van der Waals surface area contributed by atoms with Crippen LogP contribution in [0.15, 0.2) is 32.5 Å². The van der Waals surface area contributed by atoms with Crippen molar-refractivity contribution in [2.45, 2.75) is 13.8 Å². The summed E-state index contributed by atoms with van der Waals surface area (Å²) in [5, 5.41) is 2.86. The lowest BCUT2D eigenvalue weighted by Gasteiger charge is -2.12. The number of anilines is 1. The second-order valence-electron chi connectivity index (χ2n) is 4.21. The number of hydrogen-bond acceptors (Lipinski definition) is 4. The number of thiophene rings is 1. The topological polar surface area (TPSA) is 47.6 Å². The summed E-state index contributed by atoms with van der Waals surface area (Å²) in [6.45, 7) is 4.91. The Morgan fingerprint density at radius 3 is 2.41 bits per heavy atom. The van der Waals surface area contributed by atoms with E-state index in [4.69, 9.17) is 9.47 Å². The summed E-state index contributed by atoms with van der Waals surface area (Å²) < 4.78 is 12.8. The minimum atomic E-state index is -0.164. The van der Waals surface area contributed by atoms with Gasteiger partial charge in [-0.1, -0.05) is 0 Å². The van der Waals surface area contributed by atoms with Gasteiger partial charge in [0.15, 0.2) is 11.5 Å². The Kier molecular flexibility index (Phi) is 6.28. The summed E-state index contributed by atoms with van der Waals surface area (Å²) in [5.41, 5.74) is 0.664. The molecule has 0 spiro atoms. The van der Waals surface area contributed by atoms with Crippen molar-refractivity contribution in [3.63, 3.8) is 0 Å². The highest BCUT2D eigenvalue weighted by atomic mass is 79.9. The van der Waals surface area contributed by atoms with Gasteiger partial charge in [0.2, 0.25) is 0 Å². The third kappa shape index (κ3) is 4.24. The Labute approximate surface area is 150 Å². The Bertz CT molecular complexity index is 653. The molecule has 2 rings (SSSR count). The molecule has 0 atom stereocenters. The molecule has 7 heteroatoms. The Morgan fingerprint density at radius 2 is 1.82 bits per heavy atom. The highest BCUT2D eigenvalue weighted by Crippen LogP contribution is 2.34.